The molecule has 142 valence electrons. The molecule has 2 N–H and O–H groups in total. The van der Waals surface area contributed by atoms with Crippen molar-refractivity contribution in [3.05, 3.63) is 42.1 Å². The number of hydrogen-bond donors (Lipinski definition) is 2. The zero-order valence-corrected chi connectivity index (χ0v) is 16.4. The predicted octanol–water partition coefficient (Wildman–Crippen LogP) is 3.19. The van der Waals surface area contributed by atoms with E-state index in [9.17, 15) is 4.79 Å². The Hall–Kier alpha value is -2.61. The van der Waals surface area contributed by atoms with Crippen molar-refractivity contribution in [2.75, 3.05) is 24.2 Å². The van der Waals surface area contributed by atoms with E-state index >= 15 is 0 Å². The molecule has 0 aliphatic heterocycles. The highest BCUT2D eigenvalue weighted by molar-refractivity contribution is 7.99. The van der Waals surface area contributed by atoms with E-state index in [1.54, 1.807) is 30.1 Å². The van der Waals surface area contributed by atoms with Crippen molar-refractivity contribution in [1.82, 2.24) is 25.1 Å². The van der Waals surface area contributed by atoms with Crippen LogP contribution in [0.4, 0.5) is 5.82 Å². The lowest BCUT2D eigenvalue weighted by Gasteiger charge is -2.09. The molecule has 2 heterocycles. The summed E-state index contributed by atoms with van der Waals surface area (Å²) in [6.45, 7) is 6.06. The van der Waals surface area contributed by atoms with Crippen molar-refractivity contribution in [3.8, 4) is 0 Å². The maximum absolute atomic E-state index is 12.2. The highest BCUT2D eigenvalue weighted by atomic mass is 32.2. The molecule has 0 fully saturated rings. The molecule has 0 unspecified atom stereocenters. The monoisotopic (exact) mass is 384 g/mol. The number of nitrogens with one attached hydrogen (secondary N) is 2. The number of hydrogen-bond acceptors (Lipinski definition) is 6. The second-order valence-electron chi connectivity index (χ2n) is 5.94. The summed E-state index contributed by atoms with van der Waals surface area (Å²) in [5.74, 6) is 1.63. The van der Waals surface area contributed by atoms with Gasteiger partial charge in [0.15, 0.2) is 10.8 Å². The summed E-state index contributed by atoms with van der Waals surface area (Å²) < 4.78 is 1.82. The van der Waals surface area contributed by atoms with Crippen molar-refractivity contribution in [2.45, 2.75) is 32.0 Å². The van der Waals surface area contributed by atoms with E-state index in [0.29, 0.717) is 18.7 Å². The van der Waals surface area contributed by atoms with Gasteiger partial charge in [-0.1, -0.05) is 43.8 Å². The molecule has 0 saturated heterocycles. The fourth-order valence-electron chi connectivity index (χ4n) is 2.64. The van der Waals surface area contributed by atoms with Gasteiger partial charge >= 0.3 is 0 Å². The van der Waals surface area contributed by atoms with Gasteiger partial charge in [0.25, 0.3) is 5.91 Å². The molecule has 0 aliphatic carbocycles. The Morgan fingerprint density at radius 3 is 2.70 bits per heavy atom. The minimum absolute atomic E-state index is 0.0887. The lowest BCUT2D eigenvalue weighted by atomic mass is 10.2. The minimum Gasteiger partial charge on any atom is -0.369 e. The summed E-state index contributed by atoms with van der Waals surface area (Å²) in [7, 11) is 0. The van der Waals surface area contributed by atoms with Crippen molar-refractivity contribution in [1.29, 1.82) is 0 Å². The molecule has 0 aliphatic rings. The Labute approximate surface area is 163 Å². The van der Waals surface area contributed by atoms with Gasteiger partial charge in [-0.15, -0.1) is 0 Å². The highest BCUT2D eigenvalue weighted by Crippen LogP contribution is 2.24. The molecule has 0 radical (unpaired) electrons. The second-order valence-corrected chi connectivity index (χ2v) is 7.17. The van der Waals surface area contributed by atoms with E-state index in [2.05, 4.69) is 39.5 Å². The summed E-state index contributed by atoms with van der Waals surface area (Å²) in [6, 6.07) is 9.19. The van der Waals surface area contributed by atoms with Crippen LogP contribution < -0.4 is 10.6 Å². The molecule has 0 spiro atoms. The number of amides is 1. The van der Waals surface area contributed by atoms with Crippen LogP contribution in [0.25, 0.3) is 11.0 Å². The minimum atomic E-state index is -0.0887. The molecule has 0 saturated carbocycles. The molecule has 27 heavy (non-hydrogen) atoms. The standard InChI is InChI=1S/C19H24N6OS/c1-3-10-20-16-15-13-22-25(17(15)24-19(23-16)27-4-2)12-11-21-18(26)14-8-6-5-7-9-14/h5-9,13H,3-4,10-12H2,1-2H3,(H,21,26)(H,20,23,24). The largest absolute Gasteiger partial charge is 0.369 e. The molecule has 7 nitrogen and oxygen atoms in total. The normalized spacial score (nSPS) is 10.9. The lowest BCUT2D eigenvalue weighted by molar-refractivity contribution is 0.0952. The first-order valence-electron chi connectivity index (χ1n) is 9.16. The highest BCUT2D eigenvalue weighted by Gasteiger charge is 2.13. The first-order chi connectivity index (χ1) is 13.2. The van der Waals surface area contributed by atoms with Gasteiger partial charge < -0.3 is 10.6 Å². The van der Waals surface area contributed by atoms with Crippen molar-refractivity contribution in [2.24, 2.45) is 0 Å². The number of rotatable bonds is 9. The van der Waals surface area contributed by atoms with Gasteiger partial charge in [-0.2, -0.15) is 5.10 Å². The zero-order chi connectivity index (χ0) is 19.1. The molecular formula is C19H24N6OS. The Kier molecular flexibility index (Phi) is 6.64. The van der Waals surface area contributed by atoms with Crippen molar-refractivity contribution < 1.29 is 4.79 Å². The van der Waals surface area contributed by atoms with Gasteiger partial charge in [0.1, 0.15) is 5.82 Å². The molecule has 1 amide bonds. The first-order valence-corrected chi connectivity index (χ1v) is 10.1. The maximum atomic E-state index is 12.2. The summed E-state index contributed by atoms with van der Waals surface area (Å²) in [5, 5.41) is 12.4. The van der Waals surface area contributed by atoms with Crippen LogP contribution in [0, 0.1) is 0 Å². The third-order valence-electron chi connectivity index (χ3n) is 3.94. The van der Waals surface area contributed by atoms with Gasteiger partial charge in [0, 0.05) is 18.7 Å². The Bertz CT molecular complexity index is 896. The molecule has 0 atom stereocenters. The lowest BCUT2D eigenvalue weighted by Crippen LogP contribution is -2.27. The summed E-state index contributed by atoms with van der Waals surface area (Å²) in [4.78, 5) is 21.4. The topological polar surface area (TPSA) is 84.7 Å². The molecule has 1 aromatic carbocycles. The summed E-state index contributed by atoms with van der Waals surface area (Å²) >= 11 is 1.60. The number of aromatic nitrogens is 4. The Morgan fingerprint density at radius 1 is 1.15 bits per heavy atom. The molecular weight excluding hydrogens is 360 g/mol. The number of benzene rings is 1. The number of thioether (sulfide) groups is 1. The summed E-state index contributed by atoms with van der Waals surface area (Å²) in [5.41, 5.74) is 1.44. The maximum Gasteiger partial charge on any atom is 0.251 e. The van der Waals surface area contributed by atoms with E-state index in [4.69, 9.17) is 0 Å². The molecule has 3 aromatic rings. The van der Waals surface area contributed by atoms with E-state index in [-0.39, 0.29) is 5.91 Å². The Morgan fingerprint density at radius 2 is 1.96 bits per heavy atom. The average Bonchev–Trinajstić information content (AvgIpc) is 3.10. The van der Waals surface area contributed by atoms with Crippen LogP contribution in [0.3, 0.4) is 0 Å². The quantitative estimate of drug-likeness (QED) is 0.435. The van der Waals surface area contributed by atoms with Crippen LogP contribution in [0.2, 0.25) is 0 Å². The van der Waals surface area contributed by atoms with Crippen LogP contribution >= 0.6 is 11.8 Å². The van der Waals surface area contributed by atoms with Gasteiger partial charge in [-0.3, -0.25) is 4.79 Å². The molecule has 2 aromatic heterocycles. The van der Waals surface area contributed by atoms with Gasteiger partial charge in [0.2, 0.25) is 0 Å². The van der Waals surface area contributed by atoms with Crippen LogP contribution in [0.15, 0.2) is 41.7 Å². The van der Waals surface area contributed by atoms with Crippen LogP contribution in [0.1, 0.15) is 30.6 Å². The first kappa shape index (κ1) is 19.2. The molecule has 0 bridgehead atoms. The van der Waals surface area contributed by atoms with Gasteiger partial charge in [0.05, 0.1) is 18.1 Å². The second kappa shape index (κ2) is 9.36. The molecule has 8 heteroatoms. The van der Waals surface area contributed by atoms with Crippen LogP contribution in [-0.4, -0.2) is 44.5 Å². The smallest absolute Gasteiger partial charge is 0.251 e. The van der Waals surface area contributed by atoms with Crippen molar-refractivity contribution in [3.63, 3.8) is 0 Å². The van der Waals surface area contributed by atoms with E-state index in [1.165, 1.54) is 0 Å². The zero-order valence-electron chi connectivity index (χ0n) is 15.6. The van der Waals surface area contributed by atoms with Crippen molar-refractivity contribution >= 4 is 34.5 Å². The van der Waals surface area contributed by atoms with Crippen LogP contribution in [-0.2, 0) is 6.54 Å². The Balaban J connectivity index is 1.74. The SMILES string of the molecule is CCCNc1nc(SCC)nc2c1cnn2CCNC(=O)c1ccccc1. The van der Waals surface area contributed by atoms with Gasteiger partial charge in [-0.25, -0.2) is 14.6 Å². The summed E-state index contributed by atoms with van der Waals surface area (Å²) in [6.07, 6.45) is 2.80. The van der Waals surface area contributed by atoms with Gasteiger partial charge in [-0.05, 0) is 24.3 Å². The fourth-order valence-corrected chi connectivity index (χ4v) is 3.20. The predicted molar refractivity (Wildman–Crippen MR) is 109 cm³/mol. The molecule has 3 rings (SSSR count). The third kappa shape index (κ3) is 4.77. The number of fused-ring (bicyclic) bond motifs is 1. The number of carbonyl (C=O) groups is 1. The number of carbonyl (C=O) groups excluding carboxylic acids is 1. The van der Waals surface area contributed by atoms with E-state index in [1.807, 2.05) is 22.9 Å². The fraction of sp³-hybridized carbons (Fsp3) is 0.368. The number of anilines is 1. The van der Waals surface area contributed by atoms with E-state index < -0.39 is 0 Å². The average molecular weight is 385 g/mol. The van der Waals surface area contributed by atoms with E-state index in [0.717, 1.165) is 40.7 Å². The van der Waals surface area contributed by atoms with Crippen LogP contribution in [0.5, 0.6) is 0 Å². The third-order valence-corrected chi connectivity index (χ3v) is 4.67. The number of nitrogens with zero attached hydrogens (tertiary/aromatic N) is 4.